The molecule has 0 aromatic heterocycles. The van der Waals surface area contributed by atoms with Crippen LogP contribution in [0.15, 0.2) is 66.7 Å². The number of aryl methyl sites for hydroxylation is 1. The fraction of sp³-hybridized carbons (Fsp3) is 0.286. The highest BCUT2D eigenvalue weighted by atomic mass is 16.5. The number of hydrogen-bond donors (Lipinski definition) is 3. The molecule has 3 N–H and O–H groups in total. The average Bonchev–Trinajstić information content (AvgIpc) is 2.66. The van der Waals surface area contributed by atoms with Gasteiger partial charge in [-0.2, -0.15) is 0 Å². The van der Waals surface area contributed by atoms with E-state index in [9.17, 15) is 9.90 Å². The standard InChI is InChI=1S/C21H26N2O3/c1-4-26-21(25)19(23-22-18-12-10-15(2)11-13-18)14-16(3)20(24)17-8-6-5-7-9-17/h5-13,19-20,22-24H,3-4,14H2,1-2H3. The molecule has 0 saturated carbocycles. The highest BCUT2D eigenvalue weighted by molar-refractivity contribution is 5.76. The molecule has 138 valence electrons. The molecule has 5 nitrogen and oxygen atoms in total. The summed E-state index contributed by atoms with van der Waals surface area (Å²) in [6.07, 6.45) is -0.595. The van der Waals surface area contributed by atoms with E-state index < -0.39 is 18.1 Å². The van der Waals surface area contributed by atoms with Gasteiger partial charge in [-0.1, -0.05) is 54.6 Å². The number of nitrogens with one attached hydrogen (secondary N) is 2. The minimum atomic E-state index is -0.839. The summed E-state index contributed by atoms with van der Waals surface area (Å²) in [6.45, 7) is 8.01. The first-order chi connectivity index (χ1) is 12.5. The largest absolute Gasteiger partial charge is 0.465 e. The van der Waals surface area contributed by atoms with E-state index in [4.69, 9.17) is 4.74 Å². The van der Waals surface area contributed by atoms with Crippen LogP contribution < -0.4 is 10.9 Å². The van der Waals surface area contributed by atoms with E-state index >= 15 is 0 Å². The Bertz CT molecular complexity index is 714. The third-order valence-electron chi connectivity index (χ3n) is 3.98. The monoisotopic (exact) mass is 354 g/mol. The lowest BCUT2D eigenvalue weighted by Crippen LogP contribution is -2.42. The lowest BCUT2D eigenvalue weighted by atomic mass is 9.97. The Balaban J connectivity index is 2.02. The summed E-state index contributed by atoms with van der Waals surface area (Å²) in [5, 5.41) is 10.5. The van der Waals surface area contributed by atoms with Crippen LogP contribution in [0.3, 0.4) is 0 Å². The minimum absolute atomic E-state index is 0.244. The van der Waals surface area contributed by atoms with Crippen molar-refractivity contribution in [2.75, 3.05) is 12.0 Å². The van der Waals surface area contributed by atoms with Crippen molar-refractivity contribution in [2.24, 2.45) is 0 Å². The molecular weight excluding hydrogens is 328 g/mol. The van der Waals surface area contributed by atoms with Crippen LogP contribution in [0.4, 0.5) is 5.69 Å². The Labute approximate surface area is 154 Å². The summed E-state index contributed by atoms with van der Waals surface area (Å²) in [4.78, 5) is 12.3. The predicted octanol–water partition coefficient (Wildman–Crippen LogP) is 3.52. The van der Waals surface area contributed by atoms with E-state index in [0.29, 0.717) is 5.57 Å². The van der Waals surface area contributed by atoms with Gasteiger partial charge in [0.1, 0.15) is 6.04 Å². The molecule has 0 aliphatic rings. The second-order valence-corrected chi connectivity index (χ2v) is 6.12. The molecule has 0 bridgehead atoms. The summed E-state index contributed by atoms with van der Waals surface area (Å²) >= 11 is 0. The third-order valence-corrected chi connectivity index (χ3v) is 3.98. The van der Waals surface area contributed by atoms with Gasteiger partial charge in [0.05, 0.1) is 12.7 Å². The number of aliphatic hydroxyl groups excluding tert-OH is 1. The number of carbonyl (C=O) groups excluding carboxylic acids is 1. The van der Waals surface area contributed by atoms with Crippen molar-refractivity contribution < 1.29 is 14.6 Å². The second-order valence-electron chi connectivity index (χ2n) is 6.12. The number of benzene rings is 2. The molecule has 2 rings (SSSR count). The van der Waals surface area contributed by atoms with Gasteiger partial charge in [0.15, 0.2) is 0 Å². The van der Waals surface area contributed by atoms with Crippen molar-refractivity contribution in [1.82, 2.24) is 5.43 Å². The smallest absolute Gasteiger partial charge is 0.325 e. The van der Waals surface area contributed by atoms with E-state index in [2.05, 4.69) is 17.4 Å². The van der Waals surface area contributed by atoms with Gasteiger partial charge in [-0.05, 0) is 43.5 Å². The van der Waals surface area contributed by atoms with Gasteiger partial charge in [0.25, 0.3) is 0 Å². The summed E-state index contributed by atoms with van der Waals surface area (Å²) in [6, 6.07) is 16.4. The highest BCUT2D eigenvalue weighted by Gasteiger charge is 2.23. The Hall–Kier alpha value is -2.63. The number of aliphatic hydroxyl groups is 1. The predicted molar refractivity (Wildman–Crippen MR) is 104 cm³/mol. The van der Waals surface area contributed by atoms with Crippen molar-refractivity contribution in [3.05, 3.63) is 77.9 Å². The van der Waals surface area contributed by atoms with Gasteiger partial charge < -0.3 is 15.3 Å². The fourth-order valence-corrected chi connectivity index (χ4v) is 2.49. The van der Waals surface area contributed by atoms with Crippen molar-refractivity contribution >= 4 is 11.7 Å². The Morgan fingerprint density at radius 1 is 1.15 bits per heavy atom. The number of anilines is 1. The zero-order valence-electron chi connectivity index (χ0n) is 15.2. The Kier molecular flexibility index (Phi) is 7.38. The molecule has 0 aliphatic carbocycles. The topological polar surface area (TPSA) is 70.6 Å². The lowest BCUT2D eigenvalue weighted by molar-refractivity contribution is -0.145. The average molecular weight is 354 g/mol. The molecule has 0 saturated heterocycles. The Morgan fingerprint density at radius 3 is 2.42 bits per heavy atom. The van der Waals surface area contributed by atoms with Crippen LogP contribution in [0.2, 0.25) is 0 Å². The number of hydrazine groups is 1. The summed E-state index contributed by atoms with van der Waals surface area (Å²) in [5.74, 6) is -0.395. The molecular formula is C21H26N2O3. The molecule has 26 heavy (non-hydrogen) atoms. The van der Waals surface area contributed by atoms with Gasteiger partial charge in [0.2, 0.25) is 0 Å². The number of esters is 1. The van der Waals surface area contributed by atoms with E-state index in [1.165, 1.54) is 0 Å². The third kappa shape index (κ3) is 5.72. The quantitative estimate of drug-likeness (QED) is 0.365. The van der Waals surface area contributed by atoms with Crippen LogP contribution in [-0.4, -0.2) is 23.7 Å². The molecule has 0 amide bonds. The zero-order valence-corrected chi connectivity index (χ0v) is 15.2. The normalized spacial score (nSPS) is 12.9. The summed E-state index contributed by atoms with van der Waals surface area (Å²) in [5.41, 5.74) is 9.26. The van der Waals surface area contributed by atoms with Crippen LogP contribution >= 0.6 is 0 Å². The summed E-state index contributed by atoms with van der Waals surface area (Å²) < 4.78 is 5.13. The number of ether oxygens (including phenoxy) is 1. The molecule has 0 radical (unpaired) electrons. The maximum atomic E-state index is 12.3. The van der Waals surface area contributed by atoms with E-state index in [1.54, 1.807) is 6.92 Å². The van der Waals surface area contributed by atoms with Crippen molar-refractivity contribution in [3.63, 3.8) is 0 Å². The van der Waals surface area contributed by atoms with E-state index in [-0.39, 0.29) is 13.0 Å². The molecule has 0 heterocycles. The molecule has 0 spiro atoms. The second kappa shape index (κ2) is 9.75. The van der Waals surface area contributed by atoms with Gasteiger partial charge in [-0.15, -0.1) is 0 Å². The first-order valence-corrected chi connectivity index (χ1v) is 8.66. The van der Waals surface area contributed by atoms with E-state index in [0.717, 1.165) is 16.8 Å². The van der Waals surface area contributed by atoms with Crippen LogP contribution in [0.1, 0.15) is 30.6 Å². The lowest BCUT2D eigenvalue weighted by Gasteiger charge is -2.22. The van der Waals surface area contributed by atoms with Crippen LogP contribution in [0.25, 0.3) is 0 Å². The van der Waals surface area contributed by atoms with Crippen LogP contribution in [-0.2, 0) is 9.53 Å². The van der Waals surface area contributed by atoms with Gasteiger partial charge in [0, 0.05) is 5.69 Å². The van der Waals surface area contributed by atoms with Gasteiger partial charge >= 0.3 is 5.97 Å². The summed E-state index contributed by atoms with van der Waals surface area (Å²) in [7, 11) is 0. The molecule has 5 heteroatoms. The van der Waals surface area contributed by atoms with Gasteiger partial charge in [-0.25, -0.2) is 5.43 Å². The van der Waals surface area contributed by atoms with Crippen LogP contribution in [0.5, 0.6) is 0 Å². The minimum Gasteiger partial charge on any atom is -0.465 e. The Morgan fingerprint density at radius 2 is 1.81 bits per heavy atom. The number of hydrogen-bond acceptors (Lipinski definition) is 5. The molecule has 0 fully saturated rings. The first kappa shape index (κ1) is 19.7. The maximum absolute atomic E-state index is 12.3. The first-order valence-electron chi connectivity index (χ1n) is 8.66. The molecule has 2 unspecified atom stereocenters. The van der Waals surface area contributed by atoms with Crippen LogP contribution in [0, 0.1) is 6.92 Å². The molecule has 2 aromatic carbocycles. The molecule has 2 aromatic rings. The van der Waals surface area contributed by atoms with E-state index in [1.807, 2.05) is 61.5 Å². The molecule has 0 aliphatic heterocycles. The zero-order chi connectivity index (χ0) is 18.9. The number of rotatable bonds is 9. The SMILES string of the molecule is C=C(CC(NNc1ccc(C)cc1)C(=O)OCC)C(O)c1ccccc1. The molecule has 2 atom stereocenters. The number of carbonyl (C=O) groups is 1. The highest BCUT2D eigenvalue weighted by Crippen LogP contribution is 2.23. The van der Waals surface area contributed by atoms with Crippen molar-refractivity contribution in [2.45, 2.75) is 32.4 Å². The maximum Gasteiger partial charge on any atom is 0.325 e. The van der Waals surface area contributed by atoms with Gasteiger partial charge in [-0.3, -0.25) is 4.79 Å². The van der Waals surface area contributed by atoms with Crippen molar-refractivity contribution in [3.8, 4) is 0 Å². The fourth-order valence-electron chi connectivity index (χ4n) is 2.49. The van der Waals surface area contributed by atoms with Crippen molar-refractivity contribution in [1.29, 1.82) is 0 Å².